The SMILES string of the molecule is Cc1ccc(CN(C)c2ccc3c(c2)NC(=O)C3O)cc1. The molecule has 0 radical (unpaired) electrons. The molecule has 0 aliphatic carbocycles. The number of aryl methyl sites for hydroxylation is 1. The first-order valence-corrected chi connectivity index (χ1v) is 6.94. The first kappa shape index (κ1) is 13.6. The maximum Gasteiger partial charge on any atom is 0.257 e. The molecule has 108 valence electrons. The summed E-state index contributed by atoms with van der Waals surface area (Å²) in [5, 5.41) is 12.4. The molecule has 1 atom stereocenters. The molecule has 1 heterocycles. The maximum atomic E-state index is 11.5. The van der Waals surface area contributed by atoms with Crippen LogP contribution in [0.5, 0.6) is 0 Å². The highest BCUT2D eigenvalue weighted by atomic mass is 16.3. The summed E-state index contributed by atoms with van der Waals surface area (Å²) < 4.78 is 0. The van der Waals surface area contributed by atoms with E-state index in [9.17, 15) is 9.90 Å². The van der Waals surface area contributed by atoms with Crippen molar-refractivity contribution in [2.24, 2.45) is 0 Å². The molecule has 1 unspecified atom stereocenters. The third-order valence-electron chi connectivity index (χ3n) is 3.82. The second kappa shape index (κ2) is 5.22. The minimum absolute atomic E-state index is 0.358. The summed E-state index contributed by atoms with van der Waals surface area (Å²) in [4.78, 5) is 13.6. The predicted molar refractivity (Wildman–Crippen MR) is 83.3 cm³/mol. The smallest absolute Gasteiger partial charge is 0.257 e. The molecule has 21 heavy (non-hydrogen) atoms. The molecule has 0 spiro atoms. The van der Waals surface area contributed by atoms with Gasteiger partial charge in [-0.05, 0) is 24.6 Å². The van der Waals surface area contributed by atoms with Gasteiger partial charge in [0.1, 0.15) is 0 Å². The number of carbonyl (C=O) groups is 1. The van der Waals surface area contributed by atoms with Crippen LogP contribution >= 0.6 is 0 Å². The molecule has 0 saturated heterocycles. The van der Waals surface area contributed by atoms with Crippen molar-refractivity contribution in [1.82, 2.24) is 0 Å². The maximum absolute atomic E-state index is 11.5. The zero-order valence-electron chi connectivity index (χ0n) is 12.1. The highest BCUT2D eigenvalue weighted by Gasteiger charge is 2.28. The lowest BCUT2D eigenvalue weighted by Gasteiger charge is -2.20. The molecule has 2 aromatic carbocycles. The fourth-order valence-corrected chi connectivity index (χ4v) is 2.53. The minimum Gasteiger partial charge on any atom is -0.378 e. The zero-order valence-corrected chi connectivity index (χ0v) is 12.1. The Kier molecular flexibility index (Phi) is 3.39. The number of anilines is 2. The molecule has 1 aliphatic heterocycles. The van der Waals surface area contributed by atoms with Crippen LogP contribution < -0.4 is 10.2 Å². The topological polar surface area (TPSA) is 52.6 Å². The normalized spacial score (nSPS) is 16.5. The molecule has 0 aromatic heterocycles. The first-order chi connectivity index (χ1) is 10.0. The van der Waals surface area contributed by atoms with Crippen molar-refractivity contribution in [2.45, 2.75) is 19.6 Å². The molecule has 0 saturated carbocycles. The molecule has 4 heteroatoms. The van der Waals surface area contributed by atoms with Crippen LogP contribution in [0.15, 0.2) is 42.5 Å². The number of hydrogen-bond acceptors (Lipinski definition) is 3. The van der Waals surface area contributed by atoms with E-state index in [1.807, 2.05) is 19.2 Å². The van der Waals surface area contributed by atoms with Crippen molar-refractivity contribution >= 4 is 17.3 Å². The van der Waals surface area contributed by atoms with Crippen LogP contribution in [0.1, 0.15) is 22.8 Å². The van der Waals surface area contributed by atoms with Gasteiger partial charge in [-0.2, -0.15) is 0 Å². The van der Waals surface area contributed by atoms with Gasteiger partial charge in [0.25, 0.3) is 5.91 Å². The number of rotatable bonds is 3. The standard InChI is InChI=1S/C17H18N2O2/c1-11-3-5-12(6-4-11)10-19(2)13-7-8-14-15(9-13)18-17(21)16(14)20/h3-9,16,20H,10H2,1-2H3,(H,18,21). The molecule has 1 aliphatic rings. The Morgan fingerprint density at radius 2 is 1.90 bits per heavy atom. The van der Waals surface area contributed by atoms with Crippen molar-refractivity contribution in [3.8, 4) is 0 Å². The van der Waals surface area contributed by atoms with E-state index in [2.05, 4.69) is 41.4 Å². The van der Waals surface area contributed by atoms with Gasteiger partial charge in [0.2, 0.25) is 0 Å². The van der Waals surface area contributed by atoms with E-state index < -0.39 is 6.10 Å². The summed E-state index contributed by atoms with van der Waals surface area (Å²) in [7, 11) is 2.01. The summed E-state index contributed by atoms with van der Waals surface area (Å²) in [6.07, 6.45) is -1.04. The van der Waals surface area contributed by atoms with Crippen LogP contribution in [0.25, 0.3) is 0 Å². The van der Waals surface area contributed by atoms with Crippen molar-refractivity contribution in [2.75, 3.05) is 17.3 Å². The van der Waals surface area contributed by atoms with E-state index in [1.54, 1.807) is 6.07 Å². The van der Waals surface area contributed by atoms with E-state index in [-0.39, 0.29) is 5.91 Å². The van der Waals surface area contributed by atoms with Gasteiger partial charge < -0.3 is 15.3 Å². The Bertz CT molecular complexity index is 680. The molecule has 1 amide bonds. The Morgan fingerprint density at radius 3 is 2.62 bits per heavy atom. The highest BCUT2D eigenvalue weighted by Crippen LogP contribution is 2.33. The van der Waals surface area contributed by atoms with E-state index >= 15 is 0 Å². The van der Waals surface area contributed by atoms with Crippen LogP contribution in [0.3, 0.4) is 0 Å². The molecule has 4 nitrogen and oxygen atoms in total. The summed E-state index contributed by atoms with van der Waals surface area (Å²) in [6.45, 7) is 2.86. The number of fused-ring (bicyclic) bond motifs is 1. The average Bonchev–Trinajstić information content (AvgIpc) is 2.76. The summed E-state index contributed by atoms with van der Waals surface area (Å²) in [5.41, 5.74) is 4.82. The van der Waals surface area contributed by atoms with Gasteiger partial charge in [-0.3, -0.25) is 4.79 Å². The average molecular weight is 282 g/mol. The highest BCUT2D eigenvalue weighted by molar-refractivity contribution is 6.02. The summed E-state index contributed by atoms with van der Waals surface area (Å²) in [6, 6.07) is 14.1. The number of aliphatic hydroxyl groups is 1. The number of nitrogens with zero attached hydrogens (tertiary/aromatic N) is 1. The molecule has 2 aromatic rings. The van der Waals surface area contributed by atoms with Gasteiger partial charge in [0.05, 0.1) is 0 Å². The van der Waals surface area contributed by atoms with Gasteiger partial charge >= 0.3 is 0 Å². The lowest BCUT2D eigenvalue weighted by molar-refractivity contribution is -0.123. The van der Waals surface area contributed by atoms with Crippen LogP contribution in [-0.4, -0.2) is 18.1 Å². The van der Waals surface area contributed by atoms with Gasteiger partial charge in [-0.1, -0.05) is 35.9 Å². The van der Waals surface area contributed by atoms with Crippen molar-refractivity contribution < 1.29 is 9.90 Å². The first-order valence-electron chi connectivity index (χ1n) is 6.94. The largest absolute Gasteiger partial charge is 0.378 e. The zero-order chi connectivity index (χ0) is 15.0. The van der Waals surface area contributed by atoms with Crippen molar-refractivity contribution in [3.63, 3.8) is 0 Å². The Morgan fingerprint density at radius 1 is 1.19 bits per heavy atom. The van der Waals surface area contributed by atoms with Gasteiger partial charge in [0, 0.05) is 30.5 Å². The number of aliphatic hydroxyl groups excluding tert-OH is 1. The molecule has 2 N–H and O–H groups in total. The fraction of sp³-hybridized carbons (Fsp3) is 0.235. The van der Waals surface area contributed by atoms with Gasteiger partial charge in [-0.15, -0.1) is 0 Å². The molecule has 0 bridgehead atoms. The predicted octanol–water partition coefficient (Wildman–Crippen LogP) is 2.62. The van der Waals surface area contributed by atoms with E-state index in [0.717, 1.165) is 12.2 Å². The third kappa shape index (κ3) is 2.62. The Hall–Kier alpha value is -2.33. The van der Waals surface area contributed by atoms with Gasteiger partial charge in [-0.25, -0.2) is 0 Å². The summed E-state index contributed by atoms with van der Waals surface area (Å²) in [5.74, 6) is -0.358. The third-order valence-corrected chi connectivity index (χ3v) is 3.82. The lowest BCUT2D eigenvalue weighted by atomic mass is 10.1. The van der Waals surface area contributed by atoms with Crippen molar-refractivity contribution in [3.05, 3.63) is 59.2 Å². The Balaban J connectivity index is 1.80. The van der Waals surface area contributed by atoms with E-state index in [1.165, 1.54) is 11.1 Å². The number of carbonyl (C=O) groups excluding carboxylic acids is 1. The van der Waals surface area contributed by atoms with Crippen LogP contribution in [-0.2, 0) is 11.3 Å². The number of hydrogen-bond donors (Lipinski definition) is 2. The van der Waals surface area contributed by atoms with Gasteiger partial charge in [0.15, 0.2) is 6.10 Å². The molecular formula is C17H18N2O2. The van der Waals surface area contributed by atoms with Crippen molar-refractivity contribution in [1.29, 1.82) is 0 Å². The van der Waals surface area contributed by atoms with Crippen LogP contribution in [0.4, 0.5) is 11.4 Å². The molecule has 3 rings (SSSR count). The number of nitrogens with one attached hydrogen (secondary N) is 1. The fourth-order valence-electron chi connectivity index (χ4n) is 2.53. The van der Waals surface area contributed by atoms with Crippen LogP contribution in [0, 0.1) is 6.92 Å². The minimum atomic E-state index is -1.04. The number of amides is 1. The van der Waals surface area contributed by atoms with E-state index in [4.69, 9.17) is 0 Å². The second-order valence-electron chi connectivity index (χ2n) is 5.51. The summed E-state index contributed by atoms with van der Waals surface area (Å²) >= 11 is 0. The van der Waals surface area contributed by atoms with E-state index in [0.29, 0.717) is 11.3 Å². The quantitative estimate of drug-likeness (QED) is 0.910. The second-order valence-corrected chi connectivity index (χ2v) is 5.51. The van der Waals surface area contributed by atoms with Crippen LogP contribution in [0.2, 0.25) is 0 Å². The number of benzene rings is 2. The monoisotopic (exact) mass is 282 g/mol. The molecule has 0 fully saturated rings. The Labute approximate surface area is 124 Å². The lowest BCUT2D eigenvalue weighted by Crippen LogP contribution is -2.16. The molecular weight excluding hydrogens is 264 g/mol.